The zero-order valence-corrected chi connectivity index (χ0v) is 11.4. The number of anilines is 1. The molecule has 1 aromatic heterocycles. The molecule has 1 aromatic carbocycles. The van der Waals surface area contributed by atoms with E-state index in [4.69, 9.17) is 9.15 Å². The Morgan fingerprint density at radius 2 is 2.20 bits per heavy atom. The molecular formula is C15H18N2O3. The lowest BCUT2D eigenvalue weighted by atomic mass is 10.3. The highest BCUT2D eigenvalue weighted by molar-refractivity contribution is 5.90. The monoisotopic (exact) mass is 274 g/mol. The number of furan rings is 1. The van der Waals surface area contributed by atoms with Gasteiger partial charge in [0.2, 0.25) is 5.91 Å². The minimum absolute atomic E-state index is 0.0369. The maximum atomic E-state index is 11.8. The Morgan fingerprint density at radius 1 is 1.30 bits per heavy atom. The number of amides is 1. The van der Waals surface area contributed by atoms with Crippen molar-refractivity contribution in [2.75, 3.05) is 19.0 Å². The zero-order valence-electron chi connectivity index (χ0n) is 11.4. The number of benzene rings is 1. The summed E-state index contributed by atoms with van der Waals surface area (Å²) in [6, 6.07) is 11.0. The third kappa shape index (κ3) is 4.44. The summed E-state index contributed by atoms with van der Waals surface area (Å²) in [5, 5.41) is 5.98. The fourth-order valence-corrected chi connectivity index (χ4v) is 1.75. The summed E-state index contributed by atoms with van der Waals surface area (Å²) in [6.07, 6.45) is 2.03. The molecule has 0 aliphatic heterocycles. The van der Waals surface area contributed by atoms with Crippen LogP contribution in [0.5, 0.6) is 5.75 Å². The van der Waals surface area contributed by atoms with Gasteiger partial charge in [-0.15, -0.1) is 0 Å². The fourth-order valence-electron chi connectivity index (χ4n) is 1.75. The third-order valence-electron chi connectivity index (χ3n) is 2.76. The number of hydrogen-bond donors (Lipinski definition) is 2. The third-order valence-corrected chi connectivity index (χ3v) is 2.76. The molecule has 0 radical (unpaired) electrons. The van der Waals surface area contributed by atoms with Gasteiger partial charge in [-0.1, -0.05) is 6.07 Å². The van der Waals surface area contributed by atoms with Crippen LogP contribution in [-0.4, -0.2) is 19.6 Å². The Balaban J connectivity index is 1.69. The van der Waals surface area contributed by atoms with Crippen LogP contribution in [0.3, 0.4) is 0 Å². The van der Waals surface area contributed by atoms with E-state index >= 15 is 0 Å². The first-order valence-electron chi connectivity index (χ1n) is 6.45. The average Bonchev–Trinajstić information content (AvgIpc) is 2.97. The molecule has 0 aliphatic carbocycles. The van der Waals surface area contributed by atoms with Crippen molar-refractivity contribution < 1.29 is 13.9 Å². The van der Waals surface area contributed by atoms with Gasteiger partial charge in [0.1, 0.15) is 11.5 Å². The lowest BCUT2D eigenvalue weighted by molar-refractivity contribution is -0.116. The topological polar surface area (TPSA) is 63.5 Å². The summed E-state index contributed by atoms with van der Waals surface area (Å²) in [5.41, 5.74) is 0.736. The van der Waals surface area contributed by atoms with Gasteiger partial charge in [-0.3, -0.25) is 4.79 Å². The number of ether oxygens (including phenoxy) is 1. The molecule has 1 heterocycles. The lowest BCUT2D eigenvalue weighted by Crippen LogP contribution is -2.21. The second-order valence-corrected chi connectivity index (χ2v) is 4.29. The quantitative estimate of drug-likeness (QED) is 0.761. The molecule has 106 valence electrons. The Bertz CT molecular complexity index is 538. The van der Waals surface area contributed by atoms with Crippen molar-refractivity contribution in [3.05, 3.63) is 48.4 Å². The number of nitrogens with one attached hydrogen (secondary N) is 2. The second-order valence-electron chi connectivity index (χ2n) is 4.29. The normalized spacial score (nSPS) is 10.2. The van der Waals surface area contributed by atoms with Crippen molar-refractivity contribution >= 4 is 11.6 Å². The molecule has 5 heteroatoms. The number of methoxy groups -OCH3 is 1. The van der Waals surface area contributed by atoms with E-state index in [1.165, 1.54) is 0 Å². The first kappa shape index (κ1) is 14.1. The molecule has 0 bridgehead atoms. The van der Waals surface area contributed by atoms with Gasteiger partial charge in [0.05, 0.1) is 19.9 Å². The summed E-state index contributed by atoms with van der Waals surface area (Å²) in [5.74, 6) is 1.54. The van der Waals surface area contributed by atoms with Crippen LogP contribution < -0.4 is 15.4 Å². The van der Waals surface area contributed by atoms with E-state index in [0.29, 0.717) is 19.5 Å². The Labute approximate surface area is 117 Å². The van der Waals surface area contributed by atoms with Crippen molar-refractivity contribution in [1.29, 1.82) is 0 Å². The predicted molar refractivity (Wildman–Crippen MR) is 76.7 cm³/mol. The number of carbonyl (C=O) groups is 1. The molecule has 1 amide bonds. The van der Waals surface area contributed by atoms with Crippen LogP contribution in [0.2, 0.25) is 0 Å². The molecule has 20 heavy (non-hydrogen) atoms. The van der Waals surface area contributed by atoms with Gasteiger partial charge in [0.25, 0.3) is 0 Å². The van der Waals surface area contributed by atoms with E-state index in [0.717, 1.165) is 17.2 Å². The molecule has 0 aliphatic rings. The Hall–Kier alpha value is -2.27. The lowest BCUT2D eigenvalue weighted by Gasteiger charge is -2.07. The molecule has 2 aromatic rings. The van der Waals surface area contributed by atoms with Crippen molar-refractivity contribution in [3.63, 3.8) is 0 Å². The molecule has 0 spiro atoms. The van der Waals surface area contributed by atoms with E-state index in [1.807, 2.05) is 30.3 Å². The molecule has 0 unspecified atom stereocenters. The van der Waals surface area contributed by atoms with Gasteiger partial charge < -0.3 is 19.8 Å². The summed E-state index contributed by atoms with van der Waals surface area (Å²) in [7, 11) is 1.60. The second kappa shape index (κ2) is 7.35. The van der Waals surface area contributed by atoms with Gasteiger partial charge in [0, 0.05) is 24.7 Å². The van der Waals surface area contributed by atoms with Crippen molar-refractivity contribution in [3.8, 4) is 5.75 Å². The van der Waals surface area contributed by atoms with Gasteiger partial charge >= 0.3 is 0 Å². The van der Waals surface area contributed by atoms with Crippen LogP contribution in [0.4, 0.5) is 5.69 Å². The van der Waals surface area contributed by atoms with Crippen LogP contribution in [0.1, 0.15) is 12.2 Å². The number of hydrogen-bond acceptors (Lipinski definition) is 4. The zero-order chi connectivity index (χ0) is 14.2. The van der Waals surface area contributed by atoms with Crippen LogP contribution in [0, 0.1) is 0 Å². The number of rotatable bonds is 7. The molecule has 0 saturated heterocycles. The number of carbonyl (C=O) groups excluding carboxylic acids is 1. The van der Waals surface area contributed by atoms with Gasteiger partial charge in [-0.2, -0.15) is 0 Å². The van der Waals surface area contributed by atoms with Gasteiger partial charge in [-0.25, -0.2) is 0 Å². The molecule has 0 saturated carbocycles. The summed E-state index contributed by atoms with van der Waals surface area (Å²) in [4.78, 5) is 11.8. The minimum Gasteiger partial charge on any atom is -0.497 e. The molecule has 2 rings (SSSR count). The van der Waals surface area contributed by atoms with Crippen molar-refractivity contribution in [1.82, 2.24) is 5.32 Å². The highest BCUT2D eigenvalue weighted by atomic mass is 16.5. The average molecular weight is 274 g/mol. The first-order chi connectivity index (χ1) is 9.78. The highest BCUT2D eigenvalue weighted by Crippen LogP contribution is 2.16. The van der Waals surface area contributed by atoms with Crippen LogP contribution in [-0.2, 0) is 11.3 Å². The summed E-state index contributed by atoms with van der Waals surface area (Å²) in [6.45, 7) is 1.22. The maximum absolute atomic E-state index is 11.8. The van der Waals surface area contributed by atoms with Crippen LogP contribution in [0.15, 0.2) is 47.1 Å². The standard InChI is InChI=1S/C15H18N2O3/c1-19-13-5-2-4-12(10-13)17-15(18)7-8-16-11-14-6-3-9-20-14/h2-6,9-10,16H,7-8,11H2,1H3,(H,17,18). The predicted octanol–water partition coefficient (Wildman–Crippen LogP) is 2.41. The Kier molecular flexibility index (Phi) is 5.20. The first-order valence-corrected chi connectivity index (χ1v) is 6.45. The molecule has 0 fully saturated rings. The van der Waals surface area contributed by atoms with Gasteiger partial charge in [0.15, 0.2) is 0 Å². The molecule has 0 atom stereocenters. The maximum Gasteiger partial charge on any atom is 0.225 e. The van der Waals surface area contributed by atoms with Crippen LogP contribution >= 0.6 is 0 Å². The van der Waals surface area contributed by atoms with E-state index in [2.05, 4.69) is 10.6 Å². The largest absolute Gasteiger partial charge is 0.497 e. The fraction of sp³-hybridized carbons (Fsp3) is 0.267. The van der Waals surface area contributed by atoms with Crippen molar-refractivity contribution in [2.45, 2.75) is 13.0 Å². The minimum atomic E-state index is -0.0369. The molecule has 2 N–H and O–H groups in total. The van der Waals surface area contributed by atoms with Crippen molar-refractivity contribution in [2.24, 2.45) is 0 Å². The highest BCUT2D eigenvalue weighted by Gasteiger charge is 2.03. The SMILES string of the molecule is COc1cccc(NC(=O)CCNCc2ccco2)c1. The molecular weight excluding hydrogens is 256 g/mol. The van der Waals surface area contributed by atoms with Crippen LogP contribution in [0.25, 0.3) is 0 Å². The van der Waals surface area contributed by atoms with Gasteiger partial charge in [-0.05, 0) is 24.3 Å². The van der Waals surface area contributed by atoms with E-state index in [-0.39, 0.29) is 5.91 Å². The summed E-state index contributed by atoms with van der Waals surface area (Å²) >= 11 is 0. The van der Waals surface area contributed by atoms with E-state index in [9.17, 15) is 4.79 Å². The summed E-state index contributed by atoms with van der Waals surface area (Å²) < 4.78 is 10.3. The smallest absolute Gasteiger partial charge is 0.225 e. The Morgan fingerprint density at radius 3 is 2.95 bits per heavy atom. The van der Waals surface area contributed by atoms with E-state index in [1.54, 1.807) is 19.4 Å². The molecule has 5 nitrogen and oxygen atoms in total. The van der Waals surface area contributed by atoms with E-state index < -0.39 is 0 Å².